The van der Waals surface area contributed by atoms with E-state index in [1.807, 2.05) is 0 Å². The Morgan fingerprint density at radius 2 is 2.21 bits per heavy atom. The van der Waals surface area contributed by atoms with Gasteiger partial charge in [-0.25, -0.2) is 0 Å². The fourth-order valence-corrected chi connectivity index (χ4v) is 1.02. The van der Waals surface area contributed by atoms with Gasteiger partial charge in [-0.15, -0.1) is 0 Å². The molecule has 0 spiro atoms. The molecule has 1 aromatic heterocycles. The van der Waals surface area contributed by atoms with Gasteiger partial charge in [0.05, 0.1) is 0 Å². The minimum atomic E-state index is -0.838. The van der Waals surface area contributed by atoms with Crippen LogP contribution in [0.4, 0.5) is 0 Å². The van der Waals surface area contributed by atoms with Crippen LogP contribution in [0.15, 0.2) is 4.52 Å². The zero-order chi connectivity index (χ0) is 10.6. The monoisotopic (exact) mass is 199 g/mol. The number of rotatable bonds is 5. The topological polar surface area (TPSA) is 85.2 Å². The molecular formula is C9H17N3O2. The van der Waals surface area contributed by atoms with E-state index in [1.165, 1.54) is 0 Å². The number of aromatic nitrogens is 2. The van der Waals surface area contributed by atoms with Gasteiger partial charge in [0.15, 0.2) is 5.82 Å². The van der Waals surface area contributed by atoms with E-state index in [4.69, 9.17) is 10.3 Å². The molecule has 0 bridgehead atoms. The second-order valence-corrected chi connectivity index (χ2v) is 3.73. The average Bonchev–Trinajstić information content (AvgIpc) is 2.62. The lowest BCUT2D eigenvalue weighted by Gasteiger charge is -1.99. The fourth-order valence-electron chi connectivity index (χ4n) is 1.02. The summed E-state index contributed by atoms with van der Waals surface area (Å²) in [6.45, 7) is 4.37. The lowest BCUT2D eigenvalue weighted by Crippen LogP contribution is -2.11. The zero-order valence-electron chi connectivity index (χ0n) is 8.60. The molecule has 0 unspecified atom stereocenters. The molecule has 0 saturated heterocycles. The van der Waals surface area contributed by atoms with Crippen LogP contribution in [0.25, 0.3) is 0 Å². The van der Waals surface area contributed by atoms with Gasteiger partial charge in [-0.1, -0.05) is 19.0 Å². The van der Waals surface area contributed by atoms with Crippen LogP contribution in [0, 0.1) is 5.92 Å². The van der Waals surface area contributed by atoms with E-state index in [-0.39, 0.29) is 12.4 Å². The summed E-state index contributed by atoms with van der Waals surface area (Å²) in [5.74, 6) is 1.46. The molecule has 5 heteroatoms. The van der Waals surface area contributed by atoms with Gasteiger partial charge in [-0.3, -0.25) is 0 Å². The molecule has 1 atom stereocenters. The summed E-state index contributed by atoms with van der Waals surface area (Å²) >= 11 is 0. The first-order valence-electron chi connectivity index (χ1n) is 4.84. The third-order valence-corrected chi connectivity index (χ3v) is 1.94. The maximum absolute atomic E-state index is 9.30. The van der Waals surface area contributed by atoms with Gasteiger partial charge < -0.3 is 15.4 Å². The van der Waals surface area contributed by atoms with Gasteiger partial charge in [0.2, 0.25) is 0 Å². The molecule has 0 aliphatic heterocycles. The lowest BCUT2D eigenvalue weighted by molar-refractivity contribution is 0.141. The second-order valence-electron chi connectivity index (χ2n) is 3.73. The maximum atomic E-state index is 9.30. The molecule has 80 valence electrons. The third kappa shape index (κ3) is 3.08. The number of aliphatic hydroxyl groups is 1. The van der Waals surface area contributed by atoms with E-state index in [2.05, 4.69) is 24.0 Å². The Morgan fingerprint density at radius 1 is 1.50 bits per heavy atom. The van der Waals surface area contributed by atoms with Crippen molar-refractivity contribution < 1.29 is 9.63 Å². The predicted molar refractivity (Wildman–Crippen MR) is 51.5 cm³/mol. The molecule has 0 aliphatic rings. The lowest BCUT2D eigenvalue weighted by atomic mass is 10.1. The quantitative estimate of drug-likeness (QED) is 0.727. The van der Waals surface area contributed by atoms with Crippen LogP contribution in [0.2, 0.25) is 0 Å². The summed E-state index contributed by atoms with van der Waals surface area (Å²) < 4.78 is 4.86. The van der Waals surface area contributed by atoms with Gasteiger partial charge in [0.1, 0.15) is 6.10 Å². The van der Waals surface area contributed by atoms with E-state index in [0.29, 0.717) is 11.7 Å². The van der Waals surface area contributed by atoms with Crippen molar-refractivity contribution in [2.75, 3.05) is 6.54 Å². The standard InChI is InChI=1S/C9H17N3O2/c1-6(2)3-4-8-11-9(14-12-8)7(13)5-10/h6-7,13H,3-5,10H2,1-2H3/t7-/m0/s1. The summed E-state index contributed by atoms with van der Waals surface area (Å²) in [6, 6.07) is 0. The minimum Gasteiger partial charge on any atom is -0.382 e. The van der Waals surface area contributed by atoms with Gasteiger partial charge in [0.25, 0.3) is 5.89 Å². The van der Waals surface area contributed by atoms with Crippen molar-refractivity contribution in [3.05, 3.63) is 11.7 Å². The van der Waals surface area contributed by atoms with Gasteiger partial charge in [-0.2, -0.15) is 4.98 Å². The van der Waals surface area contributed by atoms with Crippen LogP contribution in [0.5, 0.6) is 0 Å². The Morgan fingerprint density at radius 3 is 2.79 bits per heavy atom. The molecule has 0 aromatic carbocycles. The van der Waals surface area contributed by atoms with Crippen molar-refractivity contribution in [1.82, 2.24) is 10.1 Å². The van der Waals surface area contributed by atoms with Crippen LogP contribution in [-0.4, -0.2) is 21.8 Å². The fraction of sp³-hybridized carbons (Fsp3) is 0.778. The molecule has 0 aliphatic carbocycles. The highest BCUT2D eigenvalue weighted by Gasteiger charge is 2.14. The molecule has 0 amide bonds. The number of aliphatic hydroxyl groups excluding tert-OH is 1. The number of aryl methyl sites for hydroxylation is 1. The van der Waals surface area contributed by atoms with E-state index in [1.54, 1.807) is 0 Å². The van der Waals surface area contributed by atoms with Crippen LogP contribution < -0.4 is 5.73 Å². The number of hydrogen-bond donors (Lipinski definition) is 2. The van der Waals surface area contributed by atoms with Crippen molar-refractivity contribution in [3.8, 4) is 0 Å². The normalized spacial score (nSPS) is 13.5. The molecular weight excluding hydrogens is 182 g/mol. The zero-order valence-corrected chi connectivity index (χ0v) is 8.60. The van der Waals surface area contributed by atoms with Crippen LogP contribution in [0.3, 0.4) is 0 Å². The Kier molecular flexibility index (Phi) is 4.03. The van der Waals surface area contributed by atoms with Gasteiger partial charge >= 0.3 is 0 Å². The van der Waals surface area contributed by atoms with Crippen molar-refractivity contribution in [1.29, 1.82) is 0 Å². The van der Waals surface area contributed by atoms with Crippen molar-refractivity contribution in [2.24, 2.45) is 11.7 Å². The largest absolute Gasteiger partial charge is 0.382 e. The number of hydrogen-bond acceptors (Lipinski definition) is 5. The first-order chi connectivity index (χ1) is 6.63. The van der Waals surface area contributed by atoms with Gasteiger partial charge in [0, 0.05) is 13.0 Å². The molecule has 0 radical (unpaired) electrons. The average molecular weight is 199 g/mol. The summed E-state index contributed by atoms with van der Waals surface area (Å²) in [5, 5.41) is 13.1. The van der Waals surface area contributed by atoms with Crippen molar-refractivity contribution in [2.45, 2.75) is 32.8 Å². The van der Waals surface area contributed by atoms with Crippen molar-refractivity contribution in [3.63, 3.8) is 0 Å². The first kappa shape index (κ1) is 11.1. The second kappa shape index (κ2) is 5.07. The van der Waals surface area contributed by atoms with Crippen molar-refractivity contribution >= 4 is 0 Å². The Balaban J connectivity index is 2.50. The smallest absolute Gasteiger partial charge is 0.256 e. The summed E-state index contributed by atoms with van der Waals surface area (Å²) in [7, 11) is 0. The Labute approximate surface area is 83.3 Å². The van der Waals surface area contributed by atoms with Crippen LogP contribution in [0.1, 0.15) is 38.1 Å². The maximum Gasteiger partial charge on any atom is 0.256 e. The molecule has 1 heterocycles. The van der Waals surface area contributed by atoms with Gasteiger partial charge in [-0.05, 0) is 12.3 Å². The van der Waals surface area contributed by atoms with E-state index < -0.39 is 6.10 Å². The SMILES string of the molecule is CC(C)CCc1noc([C@@H](O)CN)n1. The number of nitrogens with two attached hydrogens (primary N) is 1. The molecule has 14 heavy (non-hydrogen) atoms. The molecule has 1 aromatic rings. The number of nitrogens with zero attached hydrogens (tertiary/aromatic N) is 2. The van der Waals surface area contributed by atoms with Crippen LogP contribution in [-0.2, 0) is 6.42 Å². The summed E-state index contributed by atoms with van der Waals surface area (Å²) in [5.41, 5.74) is 5.26. The summed E-state index contributed by atoms with van der Waals surface area (Å²) in [4.78, 5) is 4.05. The van der Waals surface area contributed by atoms with E-state index >= 15 is 0 Å². The predicted octanol–water partition coefficient (Wildman–Crippen LogP) is 0.650. The minimum absolute atomic E-state index is 0.103. The van der Waals surface area contributed by atoms with E-state index in [0.717, 1.165) is 12.8 Å². The van der Waals surface area contributed by atoms with Crippen LogP contribution >= 0.6 is 0 Å². The molecule has 3 N–H and O–H groups in total. The third-order valence-electron chi connectivity index (χ3n) is 1.94. The molecule has 5 nitrogen and oxygen atoms in total. The Bertz CT molecular complexity index is 273. The van der Waals surface area contributed by atoms with E-state index in [9.17, 15) is 5.11 Å². The first-order valence-corrected chi connectivity index (χ1v) is 4.84. The Hall–Kier alpha value is -0.940. The summed E-state index contributed by atoms with van der Waals surface area (Å²) in [6.07, 6.45) is 0.950. The highest BCUT2D eigenvalue weighted by Crippen LogP contribution is 2.10. The highest BCUT2D eigenvalue weighted by atomic mass is 16.5. The molecule has 0 fully saturated rings. The highest BCUT2D eigenvalue weighted by molar-refractivity contribution is 4.90. The molecule has 0 saturated carbocycles. The molecule has 1 rings (SSSR count).